The predicted octanol–water partition coefficient (Wildman–Crippen LogP) is 4.80. The van der Waals surface area contributed by atoms with Gasteiger partial charge in [0, 0.05) is 30.9 Å². The van der Waals surface area contributed by atoms with Gasteiger partial charge in [0.05, 0.1) is 12.2 Å². The molecule has 2 aliphatic heterocycles. The molecule has 11 nitrogen and oxygen atoms in total. The molecule has 1 spiro atoms. The first-order valence-corrected chi connectivity index (χ1v) is 17.3. The molecular weight excluding hydrogens is 578 g/mol. The van der Waals surface area contributed by atoms with E-state index in [4.69, 9.17) is 9.72 Å². The molecule has 5 heterocycles. The average Bonchev–Trinajstić information content (AvgIpc) is 3.59. The van der Waals surface area contributed by atoms with Gasteiger partial charge in [-0.05, 0) is 106 Å². The highest BCUT2D eigenvalue weighted by Crippen LogP contribution is 2.65. The van der Waals surface area contributed by atoms with Gasteiger partial charge < -0.3 is 15.0 Å². The molecule has 7 rings (SSSR count). The summed E-state index contributed by atoms with van der Waals surface area (Å²) in [4.78, 5) is 25.0. The summed E-state index contributed by atoms with van der Waals surface area (Å²) in [7, 11) is -4.23. The fourth-order valence-corrected chi connectivity index (χ4v) is 8.34. The molecule has 0 radical (unpaired) electrons. The van der Waals surface area contributed by atoms with Crippen molar-refractivity contribution in [2.24, 2.45) is 23.2 Å². The number of carbonyl (C=O) groups excluding carboxylic acids is 1. The second kappa shape index (κ2) is 10.7. The molecule has 4 bridgehead atoms. The first kappa shape index (κ1) is 29.1. The Balaban J connectivity index is 1.19. The van der Waals surface area contributed by atoms with E-state index in [0.717, 1.165) is 25.2 Å². The molecule has 234 valence electrons. The predicted molar refractivity (Wildman–Crippen MR) is 167 cm³/mol. The van der Waals surface area contributed by atoms with Crippen molar-refractivity contribution >= 4 is 27.6 Å². The van der Waals surface area contributed by atoms with Crippen LogP contribution in [0.15, 0.2) is 47.6 Å². The van der Waals surface area contributed by atoms with Gasteiger partial charge in [-0.1, -0.05) is 13.0 Å². The van der Waals surface area contributed by atoms with E-state index in [1.807, 2.05) is 6.07 Å². The minimum atomic E-state index is -4.23. The number of hydrogen-bond donors (Lipinski definition) is 2. The number of anilines is 2. The van der Waals surface area contributed by atoms with Gasteiger partial charge in [0.2, 0.25) is 5.88 Å². The van der Waals surface area contributed by atoms with Crippen molar-refractivity contribution in [1.29, 1.82) is 0 Å². The molecule has 4 aliphatic rings. The van der Waals surface area contributed by atoms with Crippen LogP contribution in [0, 0.1) is 23.2 Å². The maximum atomic E-state index is 13.7. The smallest absolute Gasteiger partial charge is 0.281 e. The molecular formula is C32H41N7O4S. The highest BCUT2D eigenvalue weighted by atomic mass is 32.2. The number of sulfonamides is 1. The van der Waals surface area contributed by atoms with Gasteiger partial charge >= 0.3 is 0 Å². The molecule has 3 aromatic rings. The van der Waals surface area contributed by atoms with Crippen LogP contribution in [0.5, 0.6) is 5.88 Å². The van der Waals surface area contributed by atoms with Crippen molar-refractivity contribution in [2.75, 3.05) is 29.9 Å². The molecule has 3 fully saturated rings. The zero-order chi connectivity index (χ0) is 30.7. The number of hydrogen-bond acceptors (Lipinski definition) is 9. The van der Waals surface area contributed by atoms with Gasteiger partial charge in [-0.15, -0.1) is 5.10 Å². The standard InChI is InChI=1S/C32H41N7O4S/c1-21-10-16-33-25-5-4-6-28(34-25)44(41,42)37-30(40)24-7-8-26(35-29(24)38-20-22(21)19-31(38,2)3)39-17-11-27(36-39)43-18-12-23-9-13-32(23)14-15-32/h4-8,11,17,21-23H,9-10,12-16,18-20H2,1-3H3,(H,33,34)(H,37,40)/t21-,22-,23?/m0/s1. The van der Waals surface area contributed by atoms with Crippen LogP contribution in [0.2, 0.25) is 0 Å². The molecule has 2 N–H and O–H groups in total. The lowest BCUT2D eigenvalue weighted by molar-refractivity contribution is 0.0981. The van der Waals surface area contributed by atoms with Crippen molar-refractivity contribution in [3.05, 3.63) is 48.2 Å². The van der Waals surface area contributed by atoms with E-state index >= 15 is 0 Å². The molecule has 2 saturated carbocycles. The van der Waals surface area contributed by atoms with E-state index < -0.39 is 15.9 Å². The number of carbonyl (C=O) groups is 1. The van der Waals surface area contributed by atoms with Gasteiger partial charge in [-0.25, -0.2) is 19.4 Å². The molecule has 1 amide bonds. The number of rotatable bonds is 5. The molecule has 3 atom stereocenters. The third-order valence-corrected chi connectivity index (χ3v) is 11.7. The Labute approximate surface area is 258 Å². The van der Waals surface area contributed by atoms with Crippen molar-refractivity contribution in [1.82, 2.24) is 24.5 Å². The quantitative estimate of drug-likeness (QED) is 0.414. The number of nitrogens with zero attached hydrogens (tertiary/aromatic N) is 5. The van der Waals surface area contributed by atoms with E-state index in [0.29, 0.717) is 60.3 Å². The van der Waals surface area contributed by atoms with E-state index in [1.165, 1.54) is 31.7 Å². The summed E-state index contributed by atoms with van der Waals surface area (Å²) in [6.45, 7) is 8.54. The summed E-state index contributed by atoms with van der Waals surface area (Å²) in [6.07, 6.45) is 10.1. The van der Waals surface area contributed by atoms with E-state index in [2.05, 4.69) is 45.8 Å². The maximum absolute atomic E-state index is 13.7. The Bertz CT molecular complexity index is 1680. The third-order valence-electron chi connectivity index (χ3n) is 10.5. The number of nitrogens with one attached hydrogen (secondary N) is 2. The number of fused-ring (bicyclic) bond motifs is 6. The second-order valence-electron chi connectivity index (χ2n) is 13.7. The van der Waals surface area contributed by atoms with Crippen molar-refractivity contribution < 1.29 is 17.9 Å². The summed E-state index contributed by atoms with van der Waals surface area (Å²) < 4.78 is 36.4. The largest absolute Gasteiger partial charge is 0.477 e. The van der Waals surface area contributed by atoms with Crippen LogP contribution in [0.1, 0.15) is 76.1 Å². The molecule has 2 aliphatic carbocycles. The summed E-state index contributed by atoms with van der Waals surface area (Å²) in [5.74, 6) is 2.71. The van der Waals surface area contributed by atoms with Gasteiger partial charge in [0.15, 0.2) is 10.8 Å². The van der Waals surface area contributed by atoms with E-state index in [9.17, 15) is 13.2 Å². The lowest BCUT2D eigenvalue weighted by atomic mass is 9.69. The van der Waals surface area contributed by atoms with Crippen LogP contribution in [0.3, 0.4) is 0 Å². The van der Waals surface area contributed by atoms with Crippen molar-refractivity contribution in [2.45, 2.75) is 76.3 Å². The average molecular weight is 620 g/mol. The highest BCUT2D eigenvalue weighted by molar-refractivity contribution is 7.90. The van der Waals surface area contributed by atoms with Crippen LogP contribution in [0.4, 0.5) is 11.6 Å². The minimum Gasteiger partial charge on any atom is -0.477 e. The summed E-state index contributed by atoms with van der Waals surface area (Å²) in [5, 5.41) is 7.66. The first-order chi connectivity index (χ1) is 21.0. The number of amides is 1. The van der Waals surface area contributed by atoms with Crippen LogP contribution >= 0.6 is 0 Å². The summed E-state index contributed by atoms with van der Waals surface area (Å²) in [5.41, 5.74) is 0.499. The van der Waals surface area contributed by atoms with Gasteiger partial charge in [0.1, 0.15) is 11.6 Å². The lowest BCUT2D eigenvalue weighted by Gasteiger charge is -2.37. The number of pyridine rings is 2. The van der Waals surface area contributed by atoms with Gasteiger partial charge in [0.25, 0.3) is 15.9 Å². The van der Waals surface area contributed by atoms with Crippen LogP contribution in [0.25, 0.3) is 5.82 Å². The van der Waals surface area contributed by atoms with Crippen LogP contribution < -0.4 is 19.7 Å². The third kappa shape index (κ3) is 5.41. The normalized spacial score (nSPS) is 26.4. The molecule has 1 unspecified atom stereocenters. The first-order valence-electron chi connectivity index (χ1n) is 15.8. The number of ether oxygens (including phenoxy) is 1. The molecule has 12 heteroatoms. The zero-order valence-electron chi connectivity index (χ0n) is 25.6. The fourth-order valence-electron chi connectivity index (χ4n) is 7.40. The number of aromatic nitrogens is 4. The highest BCUT2D eigenvalue weighted by Gasteiger charge is 2.54. The Morgan fingerprint density at radius 2 is 1.91 bits per heavy atom. The summed E-state index contributed by atoms with van der Waals surface area (Å²) in [6, 6.07) is 9.88. The van der Waals surface area contributed by atoms with Gasteiger partial charge in [-0.2, -0.15) is 8.42 Å². The Morgan fingerprint density at radius 3 is 2.68 bits per heavy atom. The van der Waals surface area contributed by atoms with Gasteiger partial charge in [-0.3, -0.25) is 4.79 Å². The topological polar surface area (TPSA) is 131 Å². The Morgan fingerprint density at radius 1 is 1.07 bits per heavy atom. The second-order valence-corrected chi connectivity index (χ2v) is 15.4. The van der Waals surface area contributed by atoms with Crippen molar-refractivity contribution in [3.63, 3.8) is 0 Å². The minimum absolute atomic E-state index is 0.181. The fraction of sp³-hybridized carbons (Fsp3) is 0.562. The molecule has 44 heavy (non-hydrogen) atoms. The molecule has 3 aromatic heterocycles. The van der Waals surface area contributed by atoms with Crippen LogP contribution in [-0.2, 0) is 10.0 Å². The van der Waals surface area contributed by atoms with Crippen molar-refractivity contribution in [3.8, 4) is 11.7 Å². The van der Waals surface area contributed by atoms with E-state index in [-0.39, 0.29) is 16.1 Å². The van der Waals surface area contributed by atoms with E-state index in [1.54, 1.807) is 35.1 Å². The lowest BCUT2D eigenvalue weighted by Crippen LogP contribution is -2.41. The van der Waals surface area contributed by atoms with Crippen LogP contribution in [-0.4, -0.2) is 59.3 Å². The maximum Gasteiger partial charge on any atom is 0.281 e. The molecule has 1 saturated heterocycles. The Kier molecular flexibility index (Phi) is 7.10. The Hall–Kier alpha value is -3.67. The monoisotopic (exact) mass is 619 g/mol. The SMILES string of the molecule is C[C@H]1CCNc2cccc(n2)S(=O)(=O)NC(=O)c2ccc(-n3ccc(OCCC4CCC45CC5)n3)nc2N2C[C@@H]1CC2(C)C. The summed E-state index contributed by atoms with van der Waals surface area (Å²) >= 11 is 0. The molecule has 0 aromatic carbocycles. The zero-order valence-corrected chi connectivity index (χ0v) is 26.4.